The molecule has 1 aromatic heterocycles. The van der Waals surface area contributed by atoms with Crippen molar-refractivity contribution in [3.63, 3.8) is 0 Å². The van der Waals surface area contributed by atoms with Crippen LogP contribution >= 0.6 is 0 Å². The topological polar surface area (TPSA) is 49.1 Å². The second kappa shape index (κ2) is 6.86. The number of hydrogen-bond acceptors (Lipinski definition) is 4. The van der Waals surface area contributed by atoms with E-state index in [1.165, 1.54) is 12.3 Å². The summed E-state index contributed by atoms with van der Waals surface area (Å²) in [5.74, 6) is -0.371. The molecule has 22 heavy (non-hydrogen) atoms. The number of ether oxygens (including phenoxy) is 1. The van der Waals surface area contributed by atoms with Gasteiger partial charge in [-0.25, -0.2) is 4.98 Å². The molecule has 1 aliphatic heterocycles. The molecule has 4 nitrogen and oxygen atoms in total. The van der Waals surface area contributed by atoms with Crippen LogP contribution in [0.1, 0.15) is 31.7 Å². The maximum atomic E-state index is 13.4. The van der Waals surface area contributed by atoms with Gasteiger partial charge in [-0.15, -0.1) is 0 Å². The zero-order valence-corrected chi connectivity index (χ0v) is 12.4. The van der Waals surface area contributed by atoms with Crippen LogP contribution in [0.5, 0.6) is 5.75 Å². The summed E-state index contributed by atoms with van der Waals surface area (Å²) in [5, 5.41) is 8.89. The van der Waals surface area contributed by atoms with Gasteiger partial charge in [0.2, 0.25) is 0 Å². The number of alkyl halides is 3. The van der Waals surface area contributed by atoms with Crippen LogP contribution in [0.3, 0.4) is 0 Å². The molecule has 0 radical (unpaired) electrons. The summed E-state index contributed by atoms with van der Waals surface area (Å²) in [6.07, 6.45) is -1.46. The number of anilines is 1. The summed E-state index contributed by atoms with van der Waals surface area (Å²) in [7, 11) is 0. The van der Waals surface area contributed by atoms with Crippen molar-refractivity contribution in [2.45, 2.75) is 32.4 Å². The summed E-state index contributed by atoms with van der Waals surface area (Å²) in [6, 6.07) is 3.42. The van der Waals surface area contributed by atoms with Gasteiger partial charge in [0, 0.05) is 25.2 Å². The maximum Gasteiger partial charge on any atom is 0.423 e. The number of piperidine rings is 1. The van der Waals surface area contributed by atoms with Crippen LogP contribution in [0.2, 0.25) is 0 Å². The second-order valence-electron chi connectivity index (χ2n) is 5.24. The highest BCUT2D eigenvalue weighted by atomic mass is 19.4. The third kappa shape index (κ3) is 3.62. The minimum absolute atomic E-state index is 0.0925. The Morgan fingerprint density at radius 2 is 2.09 bits per heavy atom. The highest BCUT2D eigenvalue weighted by molar-refractivity contribution is 5.55. The Morgan fingerprint density at radius 1 is 1.41 bits per heavy atom. The molecule has 0 unspecified atom stereocenters. The van der Waals surface area contributed by atoms with E-state index < -0.39 is 11.7 Å². The van der Waals surface area contributed by atoms with Gasteiger partial charge in [-0.2, -0.15) is 18.4 Å². The van der Waals surface area contributed by atoms with Gasteiger partial charge in [-0.1, -0.05) is 6.92 Å². The van der Waals surface area contributed by atoms with Crippen LogP contribution < -0.4 is 9.64 Å². The second-order valence-corrected chi connectivity index (χ2v) is 5.24. The lowest BCUT2D eigenvalue weighted by atomic mass is 9.98. The zero-order valence-electron chi connectivity index (χ0n) is 12.4. The Bertz CT molecular complexity index is 546. The van der Waals surface area contributed by atoms with Gasteiger partial charge in [-0.05, 0) is 25.3 Å². The highest BCUT2D eigenvalue weighted by Gasteiger charge is 2.40. The summed E-state index contributed by atoms with van der Waals surface area (Å²) < 4.78 is 45.6. The lowest BCUT2D eigenvalue weighted by Gasteiger charge is -2.32. The number of pyridine rings is 1. The number of hydrogen-bond donors (Lipinski definition) is 0. The smallest absolute Gasteiger partial charge is 0.423 e. The Kier molecular flexibility index (Phi) is 5.11. The fourth-order valence-corrected chi connectivity index (χ4v) is 2.49. The monoisotopic (exact) mass is 313 g/mol. The normalized spacial score (nSPS) is 16.4. The molecule has 7 heteroatoms. The maximum absolute atomic E-state index is 13.4. The minimum Gasteiger partial charge on any atom is -0.493 e. The average Bonchev–Trinajstić information content (AvgIpc) is 2.51. The molecule has 0 aromatic carbocycles. The Balaban J connectivity index is 2.33. The van der Waals surface area contributed by atoms with Crippen LogP contribution in [0.4, 0.5) is 19.0 Å². The highest BCUT2D eigenvalue weighted by Crippen LogP contribution is 2.42. The van der Waals surface area contributed by atoms with E-state index >= 15 is 0 Å². The Labute approximate surface area is 127 Å². The van der Waals surface area contributed by atoms with Crippen molar-refractivity contribution in [3.8, 4) is 11.8 Å². The van der Waals surface area contributed by atoms with Crippen LogP contribution in [0.25, 0.3) is 0 Å². The van der Waals surface area contributed by atoms with Crippen molar-refractivity contribution in [2.24, 2.45) is 5.92 Å². The van der Waals surface area contributed by atoms with E-state index in [9.17, 15) is 13.2 Å². The first-order valence-electron chi connectivity index (χ1n) is 7.31. The molecule has 1 aliphatic rings. The van der Waals surface area contributed by atoms with Gasteiger partial charge < -0.3 is 9.64 Å². The first-order chi connectivity index (χ1) is 10.5. The van der Waals surface area contributed by atoms with Gasteiger partial charge >= 0.3 is 6.18 Å². The molecule has 0 amide bonds. The SMILES string of the molecule is CCCOc1ccnc(N2CCC(C#N)CC2)c1C(F)(F)F. The third-order valence-electron chi connectivity index (χ3n) is 3.61. The molecule has 1 aromatic rings. The van der Waals surface area contributed by atoms with Gasteiger partial charge in [0.25, 0.3) is 0 Å². The van der Waals surface area contributed by atoms with E-state index in [4.69, 9.17) is 10.00 Å². The van der Waals surface area contributed by atoms with Crippen molar-refractivity contribution in [1.29, 1.82) is 5.26 Å². The standard InChI is InChI=1S/C15H18F3N3O/c1-2-9-22-12-3-6-20-14(13(12)15(16,17)18)21-7-4-11(10-19)5-8-21/h3,6,11H,2,4-5,7-9H2,1H3. The molecule has 2 heterocycles. The number of halogens is 3. The lowest BCUT2D eigenvalue weighted by Crippen LogP contribution is -2.35. The van der Waals surface area contributed by atoms with E-state index in [0.29, 0.717) is 32.4 Å². The van der Waals surface area contributed by atoms with Crippen LogP contribution in [-0.2, 0) is 6.18 Å². The zero-order chi connectivity index (χ0) is 16.2. The summed E-state index contributed by atoms with van der Waals surface area (Å²) >= 11 is 0. The van der Waals surface area contributed by atoms with Crippen LogP contribution in [0, 0.1) is 17.2 Å². The van der Waals surface area contributed by atoms with Gasteiger partial charge in [0.05, 0.1) is 12.7 Å². The molecule has 0 spiro atoms. The molecule has 1 fully saturated rings. The Hall–Kier alpha value is -1.97. The minimum atomic E-state index is -4.53. The third-order valence-corrected chi connectivity index (χ3v) is 3.61. The summed E-state index contributed by atoms with van der Waals surface area (Å²) in [6.45, 7) is 2.85. The molecule has 0 bridgehead atoms. The number of nitriles is 1. The molecule has 0 atom stereocenters. The quantitative estimate of drug-likeness (QED) is 0.851. The van der Waals surface area contributed by atoms with Crippen molar-refractivity contribution in [1.82, 2.24) is 4.98 Å². The van der Waals surface area contributed by atoms with Crippen LogP contribution in [0.15, 0.2) is 12.3 Å². The number of aromatic nitrogens is 1. The molecular weight excluding hydrogens is 295 g/mol. The molecule has 2 rings (SSSR count). The van der Waals surface area contributed by atoms with E-state index in [2.05, 4.69) is 11.1 Å². The predicted molar refractivity (Wildman–Crippen MR) is 75.6 cm³/mol. The number of nitrogens with zero attached hydrogens (tertiary/aromatic N) is 3. The predicted octanol–water partition coefficient (Wildman–Crippen LogP) is 3.63. The van der Waals surface area contributed by atoms with Gasteiger partial charge in [0.1, 0.15) is 17.1 Å². The van der Waals surface area contributed by atoms with Crippen molar-refractivity contribution in [3.05, 3.63) is 17.8 Å². The average molecular weight is 313 g/mol. The van der Waals surface area contributed by atoms with Crippen molar-refractivity contribution in [2.75, 3.05) is 24.6 Å². The molecule has 0 saturated carbocycles. The van der Waals surface area contributed by atoms with Gasteiger partial charge in [0.15, 0.2) is 0 Å². The van der Waals surface area contributed by atoms with E-state index in [1.54, 1.807) is 4.90 Å². The van der Waals surface area contributed by atoms with Crippen molar-refractivity contribution >= 4 is 5.82 Å². The van der Waals surface area contributed by atoms with Gasteiger partial charge in [-0.3, -0.25) is 0 Å². The van der Waals surface area contributed by atoms with E-state index in [1.807, 2.05) is 6.92 Å². The molecular formula is C15H18F3N3O. The summed E-state index contributed by atoms with van der Waals surface area (Å²) in [4.78, 5) is 5.52. The van der Waals surface area contributed by atoms with Crippen LogP contribution in [-0.4, -0.2) is 24.7 Å². The molecule has 0 N–H and O–H groups in total. The largest absolute Gasteiger partial charge is 0.493 e. The first-order valence-corrected chi connectivity index (χ1v) is 7.31. The van der Waals surface area contributed by atoms with Crippen molar-refractivity contribution < 1.29 is 17.9 Å². The first kappa shape index (κ1) is 16.4. The molecule has 120 valence electrons. The van der Waals surface area contributed by atoms with E-state index in [0.717, 1.165) is 0 Å². The fraction of sp³-hybridized carbons (Fsp3) is 0.600. The molecule has 1 saturated heterocycles. The molecule has 0 aliphatic carbocycles. The fourth-order valence-electron chi connectivity index (χ4n) is 2.49. The lowest BCUT2D eigenvalue weighted by molar-refractivity contribution is -0.138. The summed E-state index contributed by atoms with van der Waals surface area (Å²) in [5.41, 5.74) is -0.821. The Morgan fingerprint density at radius 3 is 2.64 bits per heavy atom. The van der Waals surface area contributed by atoms with E-state index in [-0.39, 0.29) is 24.1 Å². The number of rotatable bonds is 4.